The summed E-state index contributed by atoms with van der Waals surface area (Å²) in [6, 6.07) is 4.39. The van der Waals surface area contributed by atoms with Gasteiger partial charge in [0.1, 0.15) is 5.82 Å². The van der Waals surface area contributed by atoms with Gasteiger partial charge in [0, 0.05) is 21.2 Å². The van der Waals surface area contributed by atoms with Crippen molar-refractivity contribution in [2.24, 2.45) is 0 Å². The second-order valence-corrected chi connectivity index (χ2v) is 2.55. The summed E-state index contributed by atoms with van der Waals surface area (Å²) < 4.78 is 15.2. The summed E-state index contributed by atoms with van der Waals surface area (Å²) in [6.45, 7) is 0. The molecule has 1 rings (SSSR count). The lowest BCUT2D eigenvalue weighted by atomic mass is 10.3. The zero-order chi connectivity index (χ0) is 7.56. The second kappa shape index (κ2) is 3.21. The third-order valence-electron chi connectivity index (χ3n) is 1.03. The third-order valence-corrected chi connectivity index (χ3v) is 1.70. The molecule has 0 heterocycles. The maximum Gasteiger partial charge on any atom is 0.148 e. The van der Waals surface area contributed by atoms with E-state index in [4.69, 9.17) is 11.6 Å². The van der Waals surface area contributed by atoms with E-state index in [1.54, 1.807) is 12.1 Å². The van der Waals surface area contributed by atoms with E-state index in [2.05, 4.69) is 20.5 Å². The maximum atomic E-state index is 12.7. The first-order chi connectivity index (χ1) is 4.74. The molecule has 0 unspecified atom stereocenters. The molecule has 1 aromatic rings. The molecule has 1 nitrogen and oxygen atoms in total. The molecule has 4 heteroatoms. The summed E-state index contributed by atoms with van der Waals surface area (Å²) in [5, 5.41) is 0.393. The molecular weight excluding hydrogens is 220 g/mol. The van der Waals surface area contributed by atoms with Crippen LogP contribution in [0.1, 0.15) is 0 Å². The number of halogens is 3. The third kappa shape index (κ3) is 1.61. The minimum absolute atomic E-state index is 0.371. The molecule has 0 amide bonds. The Balaban J connectivity index is 3.07. The first-order valence-electron chi connectivity index (χ1n) is 2.55. The van der Waals surface area contributed by atoms with Crippen LogP contribution < -0.4 is 4.34 Å². The van der Waals surface area contributed by atoms with Crippen molar-refractivity contribution in [3.8, 4) is 0 Å². The van der Waals surface area contributed by atoms with Crippen LogP contribution >= 0.6 is 27.7 Å². The quantitative estimate of drug-likeness (QED) is 0.722. The molecule has 0 fully saturated rings. The van der Waals surface area contributed by atoms with E-state index in [1.165, 1.54) is 6.07 Å². The van der Waals surface area contributed by atoms with Crippen molar-refractivity contribution in [1.82, 2.24) is 0 Å². The summed E-state index contributed by atoms with van der Waals surface area (Å²) in [6.07, 6.45) is 0. The number of rotatable bonds is 1. The fourth-order valence-corrected chi connectivity index (χ4v) is 1.05. The van der Waals surface area contributed by atoms with Crippen molar-refractivity contribution in [2.75, 3.05) is 4.34 Å². The predicted octanol–water partition coefficient (Wildman–Crippen LogP) is 3.20. The smallest absolute Gasteiger partial charge is 0.148 e. The highest BCUT2D eigenvalue weighted by Crippen LogP contribution is 2.19. The van der Waals surface area contributed by atoms with Crippen molar-refractivity contribution in [2.45, 2.75) is 0 Å². The molecule has 0 radical (unpaired) electrons. The molecule has 0 spiro atoms. The summed E-state index contributed by atoms with van der Waals surface area (Å²) in [5.41, 5.74) is 0.379. The lowest BCUT2D eigenvalue weighted by Crippen LogP contribution is -1.84. The van der Waals surface area contributed by atoms with E-state index in [1.807, 2.05) is 0 Å². The second-order valence-electron chi connectivity index (χ2n) is 1.72. The minimum atomic E-state index is -0.371. The number of benzene rings is 1. The van der Waals surface area contributed by atoms with Gasteiger partial charge in [-0.2, -0.15) is 0 Å². The van der Waals surface area contributed by atoms with Gasteiger partial charge in [-0.1, -0.05) is 11.6 Å². The Morgan fingerprint density at radius 2 is 2.20 bits per heavy atom. The lowest BCUT2D eigenvalue weighted by Gasteiger charge is -1.98. The Morgan fingerprint density at radius 1 is 1.50 bits per heavy atom. The van der Waals surface area contributed by atoms with Crippen LogP contribution in [0.2, 0.25) is 5.02 Å². The van der Waals surface area contributed by atoms with Gasteiger partial charge >= 0.3 is 0 Å². The lowest BCUT2D eigenvalue weighted by molar-refractivity contribution is 0.633. The Hall–Kier alpha value is -0.280. The van der Waals surface area contributed by atoms with Crippen LogP contribution in [-0.2, 0) is 0 Å². The van der Waals surface area contributed by atoms with Crippen molar-refractivity contribution in [3.05, 3.63) is 29.0 Å². The van der Waals surface area contributed by atoms with E-state index in [9.17, 15) is 4.39 Å². The van der Waals surface area contributed by atoms with Crippen LogP contribution in [0.4, 0.5) is 10.1 Å². The maximum absolute atomic E-state index is 12.7. The van der Waals surface area contributed by atoms with Gasteiger partial charge in [-0.15, -0.1) is 0 Å². The van der Waals surface area contributed by atoms with Crippen LogP contribution in [0.5, 0.6) is 0 Å². The van der Waals surface area contributed by atoms with Crippen molar-refractivity contribution in [1.29, 1.82) is 0 Å². The highest BCUT2D eigenvalue weighted by molar-refractivity contribution is 9.10. The Labute approximate surface area is 71.5 Å². The molecular formula is C6H4BrClFN. The topological polar surface area (TPSA) is 12.0 Å². The standard InChI is InChI=1S/C6H4BrClFN/c7-10-6-2-1-4(8)3-5(6)9/h1-3,10H. The molecule has 0 saturated heterocycles. The molecule has 54 valence electrons. The molecule has 0 aliphatic rings. The van der Waals surface area contributed by atoms with E-state index < -0.39 is 0 Å². The monoisotopic (exact) mass is 223 g/mol. The molecule has 1 aromatic carbocycles. The van der Waals surface area contributed by atoms with Gasteiger partial charge in [0.25, 0.3) is 0 Å². The first kappa shape index (κ1) is 7.82. The molecule has 0 atom stereocenters. The fourth-order valence-electron chi connectivity index (χ4n) is 0.566. The summed E-state index contributed by atoms with van der Waals surface area (Å²) in [4.78, 5) is 0. The van der Waals surface area contributed by atoms with Gasteiger partial charge in [0.2, 0.25) is 0 Å². The Bertz CT molecular complexity index is 241. The molecule has 0 bridgehead atoms. The molecule has 1 N–H and O–H groups in total. The zero-order valence-corrected chi connectivity index (χ0v) is 7.21. The molecule has 10 heavy (non-hydrogen) atoms. The Morgan fingerprint density at radius 3 is 2.70 bits per heavy atom. The molecule has 0 aromatic heterocycles. The van der Waals surface area contributed by atoms with Crippen LogP contribution in [0, 0.1) is 5.82 Å². The number of hydrogen-bond donors (Lipinski definition) is 1. The zero-order valence-electron chi connectivity index (χ0n) is 4.87. The largest absolute Gasteiger partial charge is 0.320 e. The van der Waals surface area contributed by atoms with Crippen LogP contribution in [0.15, 0.2) is 18.2 Å². The normalized spacial score (nSPS) is 9.50. The fraction of sp³-hybridized carbons (Fsp3) is 0. The van der Waals surface area contributed by atoms with Crippen LogP contribution in [-0.4, -0.2) is 0 Å². The van der Waals surface area contributed by atoms with E-state index >= 15 is 0 Å². The molecule has 0 aliphatic heterocycles. The minimum Gasteiger partial charge on any atom is -0.320 e. The highest BCUT2D eigenvalue weighted by Gasteiger charge is 1.98. The summed E-state index contributed by atoms with van der Waals surface area (Å²) in [5.74, 6) is -0.371. The average molecular weight is 224 g/mol. The van der Waals surface area contributed by atoms with E-state index in [0.29, 0.717) is 10.7 Å². The van der Waals surface area contributed by atoms with Gasteiger partial charge < -0.3 is 4.34 Å². The van der Waals surface area contributed by atoms with Crippen molar-refractivity contribution in [3.63, 3.8) is 0 Å². The van der Waals surface area contributed by atoms with Crippen molar-refractivity contribution >= 4 is 33.4 Å². The number of anilines is 1. The highest BCUT2D eigenvalue weighted by atomic mass is 79.9. The van der Waals surface area contributed by atoms with Crippen molar-refractivity contribution < 1.29 is 4.39 Å². The summed E-state index contributed by atoms with van der Waals surface area (Å²) in [7, 11) is 0. The van der Waals surface area contributed by atoms with E-state index in [-0.39, 0.29) is 5.82 Å². The van der Waals surface area contributed by atoms with Gasteiger partial charge in [-0.05, 0) is 18.2 Å². The van der Waals surface area contributed by atoms with E-state index in [0.717, 1.165) is 0 Å². The number of hydrogen-bond acceptors (Lipinski definition) is 1. The van der Waals surface area contributed by atoms with Crippen LogP contribution in [0.3, 0.4) is 0 Å². The first-order valence-corrected chi connectivity index (χ1v) is 3.73. The Kier molecular flexibility index (Phi) is 2.51. The molecule has 0 saturated carbocycles. The van der Waals surface area contributed by atoms with Gasteiger partial charge in [-0.3, -0.25) is 0 Å². The van der Waals surface area contributed by atoms with Gasteiger partial charge in [-0.25, -0.2) is 4.39 Å². The average Bonchev–Trinajstić information content (AvgIpc) is 1.88. The number of nitrogens with one attached hydrogen (secondary N) is 1. The van der Waals surface area contributed by atoms with Crippen LogP contribution in [0.25, 0.3) is 0 Å². The van der Waals surface area contributed by atoms with Gasteiger partial charge in [0.15, 0.2) is 0 Å². The summed E-state index contributed by atoms with van der Waals surface area (Å²) >= 11 is 8.39. The predicted molar refractivity (Wildman–Crippen MR) is 44.0 cm³/mol. The van der Waals surface area contributed by atoms with Gasteiger partial charge in [0.05, 0.1) is 5.69 Å². The SMILES string of the molecule is Fc1cc(Cl)ccc1NBr. The molecule has 0 aliphatic carbocycles.